The average Bonchev–Trinajstić information content (AvgIpc) is 2.45. The summed E-state index contributed by atoms with van der Waals surface area (Å²) >= 11 is 2.04. The van der Waals surface area contributed by atoms with Crippen LogP contribution in [0.5, 0.6) is 0 Å². The summed E-state index contributed by atoms with van der Waals surface area (Å²) in [6, 6.07) is 9.13. The van der Waals surface area contributed by atoms with Crippen molar-refractivity contribution < 1.29 is 9.47 Å². The molecule has 1 atom stereocenters. The Morgan fingerprint density at radius 2 is 2.32 bits per heavy atom. The molecule has 0 amide bonds. The normalized spacial score (nSPS) is 19.3. The quantitative estimate of drug-likeness (QED) is 0.778. The van der Waals surface area contributed by atoms with E-state index in [1.165, 1.54) is 35.6 Å². The van der Waals surface area contributed by atoms with Crippen LogP contribution in [0, 0.1) is 0 Å². The average molecular weight is 281 g/mol. The third kappa shape index (κ3) is 5.43. The Balaban J connectivity index is 1.80. The van der Waals surface area contributed by atoms with E-state index in [1.54, 1.807) is 7.11 Å². The first-order chi connectivity index (χ1) is 9.38. The minimum atomic E-state index is 0.614. The third-order valence-electron chi connectivity index (χ3n) is 3.16. The van der Waals surface area contributed by atoms with Crippen LogP contribution in [0.25, 0.3) is 0 Å². The Morgan fingerprint density at radius 3 is 3.11 bits per heavy atom. The fourth-order valence-electron chi connectivity index (χ4n) is 2.17. The van der Waals surface area contributed by atoms with E-state index in [1.807, 2.05) is 11.8 Å². The Bertz CT molecular complexity index is 367. The van der Waals surface area contributed by atoms with Gasteiger partial charge in [0.25, 0.3) is 0 Å². The van der Waals surface area contributed by atoms with Gasteiger partial charge in [0, 0.05) is 24.6 Å². The lowest BCUT2D eigenvalue weighted by molar-refractivity contribution is 0.0617. The van der Waals surface area contributed by atoms with Crippen LogP contribution in [0.4, 0.5) is 5.69 Å². The zero-order valence-electron chi connectivity index (χ0n) is 11.6. The summed E-state index contributed by atoms with van der Waals surface area (Å²) in [5.74, 6) is 2.53. The monoisotopic (exact) mass is 281 g/mol. The van der Waals surface area contributed by atoms with Crippen molar-refractivity contribution in [3.63, 3.8) is 0 Å². The van der Waals surface area contributed by atoms with Gasteiger partial charge >= 0.3 is 0 Å². The van der Waals surface area contributed by atoms with Crippen molar-refractivity contribution in [2.75, 3.05) is 37.1 Å². The highest BCUT2D eigenvalue weighted by Crippen LogP contribution is 2.21. The molecule has 3 nitrogen and oxygen atoms in total. The predicted molar refractivity (Wildman–Crippen MR) is 81.9 cm³/mol. The van der Waals surface area contributed by atoms with Crippen LogP contribution in [-0.4, -0.2) is 37.9 Å². The second-order valence-electron chi connectivity index (χ2n) is 4.80. The van der Waals surface area contributed by atoms with Crippen LogP contribution in [0.1, 0.15) is 18.4 Å². The molecule has 1 N–H and O–H groups in total. The molecular weight excluding hydrogens is 258 g/mol. The van der Waals surface area contributed by atoms with Gasteiger partial charge in [0.15, 0.2) is 0 Å². The molecule has 0 aliphatic carbocycles. The highest BCUT2D eigenvalue weighted by atomic mass is 32.2. The Kier molecular flexibility index (Phi) is 6.54. The van der Waals surface area contributed by atoms with E-state index in [9.17, 15) is 0 Å². The summed E-state index contributed by atoms with van der Waals surface area (Å²) in [4.78, 5) is 0. The van der Waals surface area contributed by atoms with Gasteiger partial charge in [0.05, 0.1) is 19.8 Å². The SMILES string of the molecule is COCCOCc1cccc(NC2CCCSC2)c1. The van der Waals surface area contributed by atoms with E-state index < -0.39 is 0 Å². The predicted octanol–water partition coefficient (Wildman–Crippen LogP) is 3.16. The number of methoxy groups -OCH3 is 1. The maximum Gasteiger partial charge on any atom is 0.0718 e. The summed E-state index contributed by atoms with van der Waals surface area (Å²) < 4.78 is 10.5. The molecule has 106 valence electrons. The minimum Gasteiger partial charge on any atom is -0.382 e. The van der Waals surface area contributed by atoms with Gasteiger partial charge in [-0.2, -0.15) is 11.8 Å². The number of thioether (sulfide) groups is 1. The fourth-order valence-corrected chi connectivity index (χ4v) is 3.25. The van der Waals surface area contributed by atoms with Crippen LogP contribution in [0.15, 0.2) is 24.3 Å². The van der Waals surface area contributed by atoms with Crippen molar-refractivity contribution in [1.82, 2.24) is 0 Å². The van der Waals surface area contributed by atoms with Gasteiger partial charge in [-0.05, 0) is 36.3 Å². The topological polar surface area (TPSA) is 30.5 Å². The lowest BCUT2D eigenvalue weighted by Crippen LogP contribution is -2.25. The second kappa shape index (κ2) is 8.46. The first kappa shape index (κ1) is 14.7. The first-order valence-electron chi connectivity index (χ1n) is 6.88. The molecule has 0 saturated carbocycles. The summed E-state index contributed by atoms with van der Waals surface area (Å²) in [5, 5.41) is 3.62. The zero-order chi connectivity index (χ0) is 13.3. The molecule has 1 fully saturated rings. The van der Waals surface area contributed by atoms with Gasteiger partial charge in [-0.3, -0.25) is 0 Å². The minimum absolute atomic E-state index is 0.614. The Labute approximate surface area is 120 Å². The molecule has 4 heteroatoms. The zero-order valence-corrected chi connectivity index (χ0v) is 12.4. The molecule has 0 spiro atoms. The summed E-state index contributed by atoms with van der Waals surface area (Å²) in [5.41, 5.74) is 2.42. The second-order valence-corrected chi connectivity index (χ2v) is 5.95. The molecule has 0 bridgehead atoms. The fraction of sp³-hybridized carbons (Fsp3) is 0.600. The van der Waals surface area contributed by atoms with Crippen LogP contribution in [-0.2, 0) is 16.1 Å². The van der Waals surface area contributed by atoms with Crippen LogP contribution in [0.3, 0.4) is 0 Å². The van der Waals surface area contributed by atoms with E-state index in [2.05, 4.69) is 29.6 Å². The lowest BCUT2D eigenvalue weighted by Gasteiger charge is -2.23. The van der Waals surface area contributed by atoms with Gasteiger partial charge in [-0.1, -0.05) is 12.1 Å². The van der Waals surface area contributed by atoms with E-state index in [4.69, 9.17) is 9.47 Å². The van der Waals surface area contributed by atoms with E-state index >= 15 is 0 Å². The third-order valence-corrected chi connectivity index (χ3v) is 4.37. The summed E-state index contributed by atoms with van der Waals surface area (Å²) in [6.45, 7) is 1.95. The smallest absolute Gasteiger partial charge is 0.0718 e. The van der Waals surface area contributed by atoms with Crippen LogP contribution in [0.2, 0.25) is 0 Å². The molecule has 1 aromatic rings. The van der Waals surface area contributed by atoms with Gasteiger partial charge in [0.2, 0.25) is 0 Å². The molecule has 1 aliphatic rings. The molecule has 1 unspecified atom stereocenters. The van der Waals surface area contributed by atoms with Crippen LogP contribution >= 0.6 is 11.8 Å². The van der Waals surface area contributed by atoms with Crippen molar-refractivity contribution in [2.45, 2.75) is 25.5 Å². The molecule has 1 heterocycles. The van der Waals surface area contributed by atoms with Gasteiger partial charge in [-0.25, -0.2) is 0 Å². The molecule has 1 aromatic carbocycles. The van der Waals surface area contributed by atoms with E-state index in [-0.39, 0.29) is 0 Å². The van der Waals surface area contributed by atoms with Crippen molar-refractivity contribution >= 4 is 17.4 Å². The number of ether oxygens (including phenoxy) is 2. The summed E-state index contributed by atoms with van der Waals surface area (Å²) in [6.07, 6.45) is 2.60. The number of hydrogen-bond acceptors (Lipinski definition) is 4. The molecule has 2 rings (SSSR count). The van der Waals surface area contributed by atoms with Gasteiger partial charge in [0.1, 0.15) is 0 Å². The highest BCUT2D eigenvalue weighted by molar-refractivity contribution is 7.99. The van der Waals surface area contributed by atoms with E-state index in [0.717, 1.165) is 0 Å². The van der Waals surface area contributed by atoms with Crippen molar-refractivity contribution in [2.24, 2.45) is 0 Å². The van der Waals surface area contributed by atoms with Gasteiger partial charge in [-0.15, -0.1) is 0 Å². The number of rotatable bonds is 7. The number of anilines is 1. The Hall–Kier alpha value is -0.710. The van der Waals surface area contributed by atoms with Gasteiger partial charge < -0.3 is 14.8 Å². The largest absolute Gasteiger partial charge is 0.382 e. The standard InChI is InChI=1S/C15H23NO2S/c1-17-7-8-18-11-13-4-2-5-14(10-13)16-15-6-3-9-19-12-15/h2,4-5,10,15-16H,3,6-9,11-12H2,1H3. The van der Waals surface area contributed by atoms with E-state index in [0.29, 0.717) is 25.9 Å². The highest BCUT2D eigenvalue weighted by Gasteiger charge is 2.13. The molecule has 1 aliphatic heterocycles. The molecule has 1 saturated heterocycles. The molecule has 0 aromatic heterocycles. The summed E-state index contributed by atoms with van der Waals surface area (Å²) in [7, 11) is 1.69. The van der Waals surface area contributed by atoms with Crippen molar-refractivity contribution in [3.8, 4) is 0 Å². The van der Waals surface area contributed by atoms with Crippen molar-refractivity contribution in [1.29, 1.82) is 0 Å². The number of hydrogen-bond donors (Lipinski definition) is 1. The maximum atomic E-state index is 5.55. The molecule has 0 radical (unpaired) electrons. The first-order valence-corrected chi connectivity index (χ1v) is 8.04. The van der Waals surface area contributed by atoms with Crippen LogP contribution < -0.4 is 5.32 Å². The molecular formula is C15H23NO2S. The molecule has 19 heavy (non-hydrogen) atoms. The number of benzene rings is 1. The number of nitrogens with one attached hydrogen (secondary N) is 1. The lowest BCUT2D eigenvalue weighted by atomic mass is 10.1. The Morgan fingerprint density at radius 1 is 1.37 bits per heavy atom. The maximum absolute atomic E-state index is 5.55. The van der Waals surface area contributed by atoms with Crippen molar-refractivity contribution in [3.05, 3.63) is 29.8 Å².